The predicted molar refractivity (Wildman–Crippen MR) is 73.0 cm³/mol. The normalized spacial score (nSPS) is 11.2. The Bertz CT molecular complexity index is 498. The highest BCUT2D eigenvalue weighted by Crippen LogP contribution is 2.11. The van der Waals surface area contributed by atoms with Crippen LogP contribution in [0.4, 0.5) is 0 Å². The largest absolute Gasteiger partial charge is 0.382 e. The summed E-state index contributed by atoms with van der Waals surface area (Å²) in [5, 5.41) is 4.07. The molecule has 0 unspecified atom stereocenters. The van der Waals surface area contributed by atoms with Gasteiger partial charge in [0.2, 0.25) is 0 Å². The van der Waals surface area contributed by atoms with E-state index in [-0.39, 0.29) is 0 Å². The molecule has 2 aromatic heterocycles. The van der Waals surface area contributed by atoms with Crippen LogP contribution in [0.2, 0.25) is 5.02 Å². The fourth-order valence-electron chi connectivity index (χ4n) is 1.76. The van der Waals surface area contributed by atoms with Crippen LogP contribution in [0.3, 0.4) is 0 Å². The van der Waals surface area contributed by atoms with Gasteiger partial charge in [0.05, 0.1) is 10.7 Å². The lowest BCUT2D eigenvalue weighted by atomic mass is 10.4. The van der Waals surface area contributed by atoms with Crippen LogP contribution in [-0.2, 0) is 11.3 Å². The molecule has 0 aliphatic carbocycles. The summed E-state index contributed by atoms with van der Waals surface area (Å²) in [5.74, 6) is 0. The SMILES string of the molecule is CCOCCCNCc1cn2cc(Cl)ccc2n1. The standard InChI is InChI=1S/C13H18ClN3O/c1-2-18-7-3-6-15-8-12-10-17-9-11(14)4-5-13(17)16-12/h4-5,9-10,15H,2-3,6-8H2,1H3. The maximum absolute atomic E-state index is 5.93. The van der Waals surface area contributed by atoms with Crippen molar-refractivity contribution in [3.63, 3.8) is 0 Å². The van der Waals surface area contributed by atoms with E-state index >= 15 is 0 Å². The van der Waals surface area contributed by atoms with E-state index in [4.69, 9.17) is 16.3 Å². The molecule has 0 radical (unpaired) electrons. The Hall–Kier alpha value is -1.10. The van der Waals surface area contributed by atoms with Crippen molar-refractivity contribution in [2.24, 2.45) is 0 Å². The number of rotatable bonds is 7. The highest BCUT2D eigenvalue weighted by Gasteiger charge is 2.01. The molecule has 0 aliphatic heterocycles. The summed E-state index contributed by atoms with van der Waals surface area (Å²) in [4.78, 5) is 4.50. The van der Waals surface area contributed by atoms with Crippen LogP contribution in [0.1, 0.15) is 19.0 Å². The van der Waals surface area contributed by atoms with Crippen molar-refractivity contribution < 1.29 is 4.74 Å². The van der Waals surface area contributed by atoms with Gasteiger partial charge in [-0.15, -0.1) is 0 Å². The number of pyridine rings is 1. The molecule has 0 atom stereocenters. The van der Waals surface area contributed by atoms with E-state index < -0.39 is 0 Å². The van der Waals surface area contributed by atoms with E-state index in [9.17, 15) is 0 Å². The first-order chi connectivity index (χ1) is 8.79. The van der Waals surface area contributed by atoms with E-state index in [1.807, 2.05) is 35.9 Å². The van der Waals surface area contributed by atoms with Crippen LogP contribution >= 0.6 is 11.6 Å². The third-order valence-corrected chi connectivity index (χ3v) is 2.84. The zero-order chi connectivity index (χ0) is 12.8. The third-order valence-electron chi connectivity index (χ3n) is 2.62. The molecule has 0 bridgehead atoms. The average molecular weight is 268 g/mol. The maximum atomic E-state index is 5.93. The van der Waals surface area contributed by atoms with Gasteiger partial charge in [0.25, 0.3) is 0 Å². The molecule has 4 nitrogen and oxygen atoms in total. The van der Waals surface area contributed by atoms with Gasteiger partial charge in [-0.05, 0) is 32.0 Å². The molecule has 0 saturated carbocycles. The Morgan fingerprint density at radius 2 is 2.28 bits per heavy atom. The molecule has 0 aromatic carbocycles. The maximum Gasteiger partial charge on any atom is 0.137 e. The van der Waals surface area contributed by atoms with Gasteiger partial charge in [0.1, 0.15) is 5.65 Å². The van der Waals surface area contributed by atoms with Gasteiger partial charge in [-0.2, -0.15) is 0 Å². The monoisotopic (exact) mass is 267 g/mol. The molecule has 0 aliphatic rings. The van der Waals surface area contributed by atoms with Gasteiger partial charge in [-0.25, -0.2) is 4.98 Å². The summed E-state index contributed by atoms with van der Waals surface area (Å²) in [6.07, 6.45) is 4.88. The quantitative estimate of drug-likeness (QED) is 0.784. The number of nitrogens with zero attached hydrogens (tertiary/aromatic N) is 2. The van der Waals surface area contributed by atoms with Crippen molar-refractivity contribution in [3.05, 3.63) is 35.2 Å². The molecule has 5 heteroatoms. The van der Waals surface area contributed by atoms with Crippen LogP contribution in [0.5, 0.6) is 0 Å². The summed E-state index contributed by atoms with van der Waals surface area (Å²) in [6.45, 7) is 5.31. The number of hydrogen-bond donors (Lipinski definition) is 1. The van der Waals surface area contributed by atoms with Crippen LogP contribution < -0.4 is 5.32 Å². The zero-order valence-electron chi connectivity index (χ0n) is 10.5. The average Bonchev–Trinajstić information content (AvgIpc) is 2.75. The highest BCUT2D eigenvalue weighted by molar-refractivity contribution is 6.30. The number of halogens is 1. The molecule has 0 spiro atoms. The minimum absolute atomic E-state index is 0.719. The zero-order valence-corrected chi connectivity index (χ0v) is 11.3. The topological polar surface area (TPSA) is 38.6 Å². The third kappa shape index (κ3) is 3.70. The van der Waals surface area contributed by atoms with E-state index in [1.54, 1.807) is 0 Å². The van der Waals surface area contributed by atoms with Gasteiger partial charge in [0.15, 0.2) is 0 Å². The molecule has 2 heterocycles. The summed E-state index contributed by atoms with van der Waals surface area (Å²) in [7, 11) is 0. The first kappa shape index (κ1) is 13.3. The summed E-state index contributed by atoms with van der Waals surface area (Å²) < 4.78 is 7.22. The van der Waals surface area contributed by atoms with E-state index in [0.29, 0.717) is 0 Å². The molecule has 0 saturated heterocycles. The van der Waals surface area contributed by atoms with Crippen LogP contribution in [0, 0.1) is 0 Å². The number of aromatic nitrogens is 2. The van der Waals surface area contributed by atoms with Gasteiger partial charge < -0.3 is 14.5 Å². The highest BCUT2D eigenvalue weighted by atomic mass is 35.5. The van der Waals surface area contributed by atoms with Gasteiger partial charge in [-0.3, -0.25) is 0 Å². The Labute approximate surface area is 112 Å². The Kier molecular flexibility index (Phi) is 4.99. The molecular formula is C13H18ClN3O. The van der Waals surface area contributed by atoms with Crippen molar-refractivity contribution in [2.75, 3.05) is 19.8 Å². The van der Waals surface area contributed by atoms with Crippen molar-refractivity contribution in [1.29, 1.82) is 0 Å². The lowest BCUT2D eigenvalue weighted by Crippen LogP contribution is -2.16. The van der Waals surface area contributed by atoms with E-state index in [2.05, 4.69) is 10.3 Å². The molecule has 0 fully saturated rings. The predicted octanol–water partition coefficient (Wildman–Crippen LogP) is 2.50. The van der Waals surface area contributed by atoms with Crippen LogP contribution in [0.25, 0.3) is 5.65 Å². The number of hydrogen-bond acceptors (Lipinski definition) is 3. The van der Waals surface area contributed by atoms with E-state index in [0.717, 1.165) is 49.1 Å². The molecule has 98 valence electrons. The molecule has 18 heavy (non-hydrogen) atoms. The van der Waals surface area contributed by atoms with Gasteiger partial charge >= 0.3 is 0 Å². The Morgan fingerprint density at radius 1 is 1.39 bits per heavy atom. The fourth-order valence-corrected chi connectivity index (χ4v) is 1.93. The van der Waals surface area contributed by atoms with Gasteiger partial charge in [0, 0.05) is 32.2 Å². The summed E-state index contributed by atoms with van der Waals surface area (Å²) >= 11 is 5.93. The number of imidazole rings is 1. The lowest BCUT2D eigenvalue weighted by molar-refractivity contribution is 0.144. The minimum atomic E-state index is 0.719. The molecule has 2 rings (SSSR count). The summed E-state index contributed by atoms with van der Waals surface area (Å²) in [6, 6.07) is 3.77. The van der Waals surface area contributed by atoms with Crippen molar-refractivity contribution in [2.45, 2.75) is 19.9 Å². The first-order valence-corrected chi connectivity index (χ1v) is 6.59. The number of nitrogens with one attached hydrogen (secondary N) is 1. The molecule has 1 N–H and O–H groups in total. The second-order valence-electron chi connectivity index (χ2n) is 4.07. The Balaban J connectivity index is 1.81. The van der Waals surface area contributed by atoms with Crippen LogP contribution in [0.15, 0.2) is 24.5 Å². The summed E-state index contributed by atoms with van der Waals surface area (Å²) in [5.41, 5.74) is 1.94. The number of fused-ring (bicyclic) bond motifs is 1. The Morgan fingerprint density at radius 3 is 3.11 bits per heavy atom. The van der Waals surface area contributed by atoms with Crippen molar-refractivity contribution in [3.8, 4) is 0 Å². The lowest BCUT2D eigenvalue weighted by Gasteiger charge is -2.02. The molecule has 0 amide bonds. The first-order valence-electron chi connectivity index (χ1n) is 6.21. The molecule has 2 aromatic rings. The van der Waals surface area contributed by atoms with Gasteiger partial charge in [-0.1, -0.05) is 11.6 Å². The van der Waals surface area contributed by atoms with Crippen molar-refractivity contribution in [1.82, 2.24) is 14.7 Å². The number of ether oxygens (including phenoxy) is 1. The second-order valence-corrected chi connectivity index (χ2v) is 4.51. The molecular weight excluding hydrogens is 250 g/mol. The smallest absolute Gasteiger partial charge is 0.137 e. The second kappa shape index (κ2) is 6.73. The van der Waals surface area contributed by atoms with Crippen molar-refractivity contribution >= 4 is 17.2 Å². The fraction of sp³-hybridized carbons (Fsp3) is 0.462. The minimum Gasteiger partial charge on any atom is -0.382 e. The van der Waals surface area contributed by atoms with E-state index in [1.165, 1.54) is 0 Å². The van der Waals surface area contributed by atoms with Crippen LogP contribution in [-0.4, -0.2) is 29.1 Å².